The Hall–Kier alpha value is -0.860. The van der Waals surface area contributed by atoms with Crippen molar-refractivity contribution in [1.29, 1.82) is 0 Å². The molecule has 1 aliphatic carbocycles. The minimum Gasteiger partial charge on any atom is -0.381 e. The number of hydrogen-bond acceptors (Lipinski definition) is 2. The van der Waals surface area contributed by atoms with Crippen molar-refractivity contribution in [3.05, 3.63) is 34.9 Å². The molecular weight excluding hydrogens is 234 g/mol. The molecule has 0 saturated carbocycles. The molecule has 1 aliphatic heterocycles. The van der Waals surface area contributed by atoms with Gasteiger partial charge >= 0.3 is 0 Å². The van der Waals surface area contributed by atoms with E-state index in [1.807, 2.05) is 0 Å². The van der Waals surface area contributed by atoms with E-state index in [0.29, 0.717) is 12.0 Å². The van der Waals surface area contributed by atoms with E-state index in [4.69, 9.17) is 4.74 Å². The summed E-state index contributed by atoms with van der Waals surface area (Å²) in [4.78, 5) is 0. The SMILES string of the molecule is CC(NCC1CCOC1)c1ccc2c(c1)CCCC2. The molecule has 1 saturated heterocycles. The van der Waals surface area contributed by atoms with Crippen LogP contribution in [-0.2, 0) is 17.6 Å². The summed E-state index contributed by atoms with van der Waals surface area (Å²) in [7, 11) is 0. The summed E-state index contributed by atoms with van der Waals surface area (Å²) >= 11 is 0. The largest absolute Gasteiger partial charge is 0.381 e. The van der Waals surface area contributed by atoms with Crippen molar-refractivity contribution in [3.63, 3.8) is 0 Å². The van der Waals surface area contributed by atoms with E-state index in [2.05, 4.69) is 30.4 Å². The molecule has 1 N–H and O–H groups in total. The van der Waals surface area contributed by atoms with Crippen LogP contribution in [0.2, 0.25) is 0 Å². The molecule has 1 heterocycles. The van der Waals surface area contributed by atoms with Crippen molar-refractivity contribution in [2.24, 2.45) is 5.92 Å². The summed E-state index contributed by atoms with van der Waals surface area (Å²) in [5, 5.41) is 3.67. The lowest BCUT2D eigenvalue weighted by atomic mass is 9.89. The van der Waals surface area contributed by atoms with Crippen LogP contribution in [0.5, 0.6) is 0 Å². The quantitative estimate of drug-likeness (QED) is 0.896. The van der Waals surface area contributed by atoms with Crippen LogP contribution >= 0.6 is 0 Å². The molecule has 2 heteroatoms. The van der Waals surface area contributed by atoms with Crippen LogP contribution in [0, 0.1) is 5.92 Å². The van der Waals surface area contributed by atoms with E-state index in [1.165, 1.54) is 37.7 Å². The topological polar surface area (TPSA) is 21.3 Å². The van der Waals surface area contributed by atoms with Gasteiger partial charge in [0.25, 0.3) is 0 Å². The summed E-state index contributed by atoms with van der Waals surface area (Å²) in [5.41, 5.74) is 4.60. The molecule has 2 unspecified atom stereocenters. The van der Waals surface area contributed by atoms with Crippen LogP contribution < -0.4 is 5.32 Å². The number of aryl methyl sites for hydroxylation is 2. The van der Waals surface area contributed by atoms with Crippen molar-refractivity contribution in [2.75, 3.05) is 19.8 Å². The smallest absolute Gasteiger partial charge is 0.0507 e. The molecule has 1 fully saturated rings. The van der Waals surface area contributed by atoms with Crippen molar-refractivity contribution >= 4 is 0 Å². The molecule has 0 aromatic heterocycles. The Labute approximate surface area is 116 Å². The fourth-order valence-corrected chi connectivity index (χ4v) is 3.23. The second-order valence-corrected chi connectivity index (χ2v) is 6.09. The predicted molar refractivity (Wildman–Crippen MR) is 78.4 cm³/mol. The average molecular weight is 259 g/mol. The molecule has 0 amide bonds. The maximum atomic E-state index is 5.43. The molecule has 2 nitrogen and oxygen atoms in total. The summed E-state index contributed by atoms with van der Waals surface area (Å²) in [6.45, 7) is 5.24. The third-order valence-electron chi connectivity index (χ3n) is 4.61. The van der Waals surface area contributed by atoms with Gasteiger partial charge in [0.05, 0.1) is 6.61 Å². The van der Waals surface area contributed by atoms with Crippen molar-refractivity contribution in [3.8, 4) is 0 Å². The van der Waals surface area contributed by atoms with Crippen LogP contribution in [0.15, 0.2) is 18.2 Å². The molecule has 1 aromatic carbocycles. The maximum Gasteiger partial charge on any atom is 0.0507 e. The highest BCUT2D eigenvalue weighted by Gasteiger charge is 2.17. The van der Waals surface area contributed by atoms with Gasteiger partial charge in [0.1, 0.15) is 0 Å². The molecule has 0 bridgehead atoms. The summed E-state index contributed by atoms with van der Waals surface area (Å²) in [6.07, 6.45) is 6.48. The fourth-order valence-electron chi connectivity index (χ4n) is 3.23. The highest BCUT2D eigenvalue weighted by atomic mass is 16.5. The third-order valence-corrected chi connectivity index (χ3v) is 4.61. The Bertz CT molecular complexity index is 423. The number of nitrogens with one attached hydrogen (secondary N) is 1. The van der Waals surface area contributed by atoms with E-state index >= 15 is 0 Å². The number of benzene rings is 1. The zero-order valence-corrected chi connectivity index (χ0v) is 12.0. The highest BCUT2D eigenvalue weighted by molar-refractivity contribution is 5.35. The number of hydrogen-bond donors (Lipinski definition) is 1. The van der Waals surface area contributed by atoms with E-state index in [9.17, 15) is 0 Å². The first-order valence-electron chi connectivity index (χ1n) is 7.76. The summed E-state index contributed by atoms with van der Waals surface area (Å²) in [5.74, 6) is 0.708. The van der Waals surface area contributed by atoms with Gasteiger partial charge in [-0.25, -0.2) is 0 Å². The van der Waals surface area contributed by atoms with E-state index in [-0.39, 0.29) is 0 Å². The van der Waals surface area contributed by atoms with Gasteiger partial charge in [-0.05, 0) is 61.6 Å². The maximum absolute atomic E-state index is 5.43. The molecule has 19 heavy (non-hydrogen) atoms. The van der Waals surface area contributed by atoms with Crippen molar-refractivity contribution < 1.29 is 4.74 Å². The van der Waals surface area contributed by atoms with Crippen molar-refractivity contribution in [2.45, 2.75) is 45.1 Å². The number of ether oxygens (including phenoxy) is 1. The standard InChI is InChI=1S/C17H25NO/c1-13(18-11-14-8-9-19-12-14)16-7-6-15-4-2-3-5-17(15)10-16/h6-7,10,13-14,18H,2-5,8-9,11-12H2,1H3. The van der Waals surface area contributed by atoms with Gasteiger partial charge in [0.15, 0.2) is 0 Å². The highest BCUT2D eigenvalue weighted by Crippen LogP contribution is 2.25. The molecule has 3 rings (SSSR count). The Morgan fingerprint density at radius 1 is 1.26 bits per heavy atom. The second-order valence-electron chi connectivity index (χ2n) is 6.09. The van der Waals surface area contributed by atoms with E-state index < -0.39 is 0 Å². The van der Waals surface area contributed by atoms with Gasteiger partial charge in [-0.2, -0.15) is 0 Å². The Balaban J connectivity index is 1.60. The summed E-state index contributed by atoms with van der Waals surface area (Å²) in [6, 6.07) is 7.54. The van der Waals surface area contributed by atoms with Gasteiger partial charge in [0.2, 0.25) is 0 Å². The van der Waals surface area contributed by atoms with Gasteiger partial charge < -0.3 is 10.1 Å². The molecule has 104 valence electrons. The van der Waals surface area contributed by atoms with Crippen LogP contribution in [0.3, 0.4) is 0 Å². The zero-order valence-electron chi connectivity index (χ0n) is 12.0. The normalized spacial score (nSPS) is 24.2. The summed E-state index contributed by atoms with van der Waals surface area (Å²) < 4.78 is 5.43. The molecular formula is C17H25NO. The molecule has 2 aliphatic rings. The monoisotopic (exact) mass is 259 g/mol. The minimum atomic E-state index is 0.452. The average Bonchev–Trinajstić information content (AvgIpc) is 2.97. The van der Waals surface area contributed by atoms with Gasteiger partial charge in [0, 0.05) is 19.2 Å². The first kappa shape index (κ1) is 13.1. The first-order valence-corrected chi connectivity index (χ1v) is 7.76. The first-order chi connectivity index (χ1) is 9.33. The number of fused-ring (bicyclic) bond motifs is 1. The van der Waals surface area contributed by atoms with E-state index in [1.54, 1.807) is 11.1 Å². The Morgan fingerprint density at radius 2 is 2.11 bits per heavy atom. The number of rotatable bonds is 4. The van der Waals surface area contributed by atoms with Crippen molar-refractivity contribution in [1.82, 2.24) is 5.32 Å². The zero-order chi connectivity index (χ0) is 13.1. The fraction of sp³-hybridized carbons (Fsp3) is 0.647. The van der Waals surface area contributed by atoms with Crippen LogP contribution in [0.25, 0.3) is 0 Å². The molecule has 0 radical (unpaired) electrons. The lowest BCUT2D eigenvalue weighted by molar-refractivity contribution is 0.184. The van der Waals surface area contributed by atoms with Gasteiger partial charge in [-0.15, -0.1) is 0 Å². The lowest BCUT2D eigenvalue weighted by Gasteiger charge is -2.21. The van der Waals surface area contributed by atoms with Crippen LogP contribution in [-0.4, -0.2) is 19.8 Å². The van der Waals surface area contributed by atoms with Crippen LogP contribution in [0.4, 0.5) is 0 Å². The van der Waals surface area contributed by atoms with Gasteiger partial charge in [-0.1, -0.05) is 18.2 Å². The third kappa shape index (κ3) is 3.18. The lowest BCUT2D eigenvalue weighted by Crippen LogP contribution is -2.26. The second kappa shape index (κ2) is 6.06. The predicted octanol–water partition coefficient (Wildman–Crippen LogP) is 3.25. The Kier molecular flexibility index (Phi) is 4.19. The van der Waals surface area contributed by atoms with Crippen LogP contribution in [0.1, 0.15) is 48.9 Å². The molecule has 0 spiro atoms. The molecule has 2 atom stereocenters. The minimum absolute atomic E-state index is 0.452. The van der Waals surface area contributed by atoms with Gasteiger partial charge in [-0.3, -0.25) is 0 Å². The Morgan fingerprint density at radius 3 is 2.89 bits per heavy atom. The molecule has 1 aromatic rings. The van der Waals surface area contributed by atoms with E-state index in [0.717, 1.165) is 19.8 Å².